The molecule has 0 saturated carbocycles. The fourth-order valence-corrected chi connectivity index (χ4v) is 5.84. The van der Waals surface area contributed by atoms with Crippen LogP contribution in [0.1, 0.15) is 36.5 Å². The molecule has 11 heteroatoms. The first-order valence-electron chi connectivity index (χ1n) is 13.2. The number of sulfonamides is 1. The van der Waals surface area contributed by atoms with Crippen molar-refractivity contribution in [3.8, 4) is 0 Å². The van der Waals surface area contributed by atoms with Gasteiger partial charge in [0.25, 0.3) is 0 Å². The maximum atomic E-state index is 14.1. The largest absolute Gasteiger partial charge is 0.354 e. The number of hydrogen-bond donors (Lipinski definition) is 1. The van der Waals surface area contributed by atoms with Gasteiger partial charge >= 0.3 is 0 Å². The molecule has 0 bridgehead atoms. The van der Waals surface area contributed by atoms with Gasteiger partial charge in [0.1, 0.15) is 12.6 Å². The minimum absolute atomic E-state index is 0.00558. The molecule has 3 aromatic rings. The maximum absolute atomic E-state index is 14.1. The molecule has 3 aromatic carbocycles. The number of amides is 2. The van der Waals surface area contributed by atoms with E-state index in [-0.39, 0.29) is 18.9 Å². The maximum Gasteiger partial charge on any atom is 0.244 e. The highest BCUT2D eigenvalue weighted by Crippen LogP contribution is 2.27. The van der Waals surface area contributed by atoms with Gasteiger partial charge in [-0.05, 0) is 60.4 Å². The van der Waals surface area contributed by atoms with Crippen molar-refractivity contribution in [2.75, 3.05) is 23.7 Å². The summed E-state index contributed by atoms with van der Waals surface area (Å²) in [5, 5.41) is 4.05. The zero-order valence-corrected chi connectivity index (χ0v) is 26.3. The highest BCUT2D eigenvalue weighted by atomic mass is 35.5. The lowest BCUT2D eigenvalue weighted by Crippen LogP contribution is -2.53. The molecule has 41 heavy (non-hydrogen) atoms. The van der Waals surface area contributed by atoms with E-state index in [1.165, 1.54) is 4.90 Å². The highest BCUT2D eigenvalue weighted by Gasteiger charge is 2.33. The normalized spacial score (nSPS) is 12.0. The Morgan fingerprint density at radius 3 is 2.24 bits per heavy atom. The van der Waals surface area contributed by atoms with Gasteiger partial charge in [0.05, 0.1) is 22.0 Å². The van der Waals surface area contributed by atoms with Gasteiger partial charge in [-0.2, -0.15) is 0 Å². The number of aryl methyl sites for hydroxylation is 1. The number of nitrogens with one attached hydrogen (secondary N) is 1. The zero-order chi connectivity index (χ0) is 30.2. The van der Waals surface area contributed by atoms with E-state index < -0.39 is 28.5 Å². The van der Waals surface area contributed by atoms with Crippen LogP contribution in [0.15, 0.2) is 66.7 Å². The third-order valence-electron chi connectivity index (χ3n) is 6.54. The van der Waals surface area contributed by atoms with E-state index in [0.717, 1.165) is 29.0 Å². The molecule has 0 unspecified atom stereocenters. The van der Waals surface area contributed by atoms with Gasteiger partial charge in [-0.25, -0.2) is 8.42 Å². The minimum atomic E-state index is -3.89. The number of unbranched alkanes of at least 4 members (excludes halogenated alkanes) is 1. The van der Waals surface area contributed by atoms with E-state index in [9.17, 15) is 18.0 Å². The lowest BCUT2D eigenvalue weighted by molar-refractivity contribution is -0.140. The van der Waals surface area contributed by atoms with Gasteiger partial charge in [0.15, 0.2) is 0 Å². The smallest absolute Gasteiger partial charge is 0.244 e. The van der Waals surface area contributed by atoms with E-state index in [2.05, 4.69) is 5.32 Å². The molecule has 0 aromatic heterocycles. The van der Waals surface area contributed by atoms with Gasteiger partial charge in [-0.1, -0.05) is 84.5 Å². The fourth-order valence-electron chi connectivity index (χ4n) is 4.39. The lowest BCUT2D eigenvalue weighted by atomic mass is 10.0. The second-order valence-electron chi connectivity index (χ2n) is 9.82. The minimum Gasteiger partial charge on any atom is -0.354 e. The predicted molar refractivity (Wildman–Crippen MR) is 167 cm³/mol. The van der Waals surface area contributed by atoms with Crippen molar-refractivity contribution in [2.24, 2.45) is 0 Å². The van der Waals surface area contributed by atoms with E-state index in [1.807, 2.05) is 37.3 Å². The summed E-state index contributed by atoms with van der Waals surface area (Å²) >= 11 is 18.5. The van der Waals surface area contributed by atoms with Crippen LogP contribution in [-0.2, 0) is 32.6 Å². The molecule has 0 aliphatic rings. The van der Waals surface area contributed by atoms with Crippen LogP contribution < -0.4 is 9.62 Å². The Morgan fingerprint density at radius 1 is 0.927 bits per heavy atom. The Morgan fingerprint density at radius 2 is 1.63 bits per heavy atom. The summed E-state index contributed by atoms with van der Waals surface area (Å²) in [4.78, 5) is 29.2. The van der Waals surface area contributed by atoms with Crippen molar-refractivity contribution in [1.29, 1.82) is 0 Å². The van der Waals surface area contributed by atoms with Gasteiger partial charge in [-0.3, -0.25) is 13.9 Å². The number of benzene rings is 3. The fraction of sp³-hybridized carbons (Fsp3) is 0.333. The van der Waals surface area contributed by atoms with Crippen LogP contribution in [0, 0.1) is 6.92 Å². The van der Waals surface area contributed by atoms with Gasteiger partial charge in [-0.15, -0.1) is 0 Å². The molecule has 0 saturated heterocycles. The second-order valence-corrected chi connectivity index (χ2v) is 13.0. The van der Waals surface area contributed by atoms with Crippen LogP contribution in [0.25, 0.3) is 0 Å². The third-order valence-corrected chi connectivity index (χ3v) is 8.64. The van der Waals surface area contributed by atoms with Gasteiger partial charge in [0, 0.05) is 24.5 Å². The van der Waals surface area contributed by atoms with E-state index in [1.54, 1.807) is 43.3 Å². The Bertz CT molecular complexity index is 1470. The Balaban J connectivity index is 2.07. The van der Waals surface area contributed by atoms with Crippen molar-refractivity contribution in [2.45, 2.75) is 45.7 Å². The summed E-state index contributed by atoms with van der Waals surface area (Å²) in [5.41, 5.74) is 2.40. The van der Waals surface area contributed by atoms with Crippen molar-refractivity contribution in [3.05, 3.63) is 98.5 Å². The zero-order valence-electron chi connectivity index (χ0n) is 23.2. The Kier molecular flexibility index (Phi) is 11.9. The molecule has 0 heterocycles. The summed E-state index contributed by atoms with van der Waals surface area (Å²) in [6, 6.07) is 18.2. The summed E-state index contributed by atoms with van der Waals surface area (Å²) < 4.78 is 26.9. The number of carbonyl (C=O) groups is 2. The summed E-state index contributed by atoms with van der Waals surface area (Å²) in [6.45, 7) is 3.68. The molecular formula is C30H34Cl3N3O4S. The second kappa shape index (κ2) is 14.9. The van der Waals surface area contributed by atoms with Crippen molar-refractivity contribution in [1.82, 2.24) is 10.2 Å². The van der Waals surface area contributed by atoms with Crippen LogP contribution in [0.4, 0.5) is 5.69 Å². The molecule has 7 nitrogen and oxygen atoms in total. The lowest BCUT2D eigenvalue weighted by Gasteiger charge is -2.34. The molecule has 2 amide bonds. The van der Waals surface area contributed by atoms with Crippen LogP contribution in [0.2, 0.25) is 15.1 Å². The molecule has 1 atom stereocenters. The first-order chi connectivity index (χ1) is 19.4. The summed E-state index contributed by atoms with van der Waals surface area (Å²) in [6.07, 6.45) is 2.93. The number of rotatable bonds is 13. The Hall–Kier alpha value is -2.78. The first kappa shape index (κ1) is 32.7. The predicted octanol–water partition coefficient (Wildman–Crippen LogP) is 6.28. The number of anilines is 1. The van der Waals surface area contributed by atoms with Crippen molar-refractivity contribution in [3.63, 3.8) is 0 Å². The van der Waals surface area contributed by atoms with Crippen LogP contribution >= 0.6 is 34.8 Å². The first-order valence-corrected chi connectivity index (χ1v) is 16.2. The number of nitrogens with zero attached hydrogens (tertiary/aromatic N) is 2. The monoisotopic (exact) mass is 637 g/mol. The van der Waals surface area contributed by atoms with Crippen LogP contribution in [0.3, 0.4) is 0 Å². The molecule has 0 spiro atoms. The molecule has 0 fully saturated rings. The average Bonchev–Trinajstić information content (AvgIpc) is 2.91. The van der Waals surface area contributed by atoms with E-state index in [4.69, 9.17) is 34.8 Å². The van der Waals surface area contributed by atoms with Gasteiger partial charge in [0.2, 0.25) is 21.8 Å². The number of halogens is 3. The highest BCUT2D eigenvalue weighted by molar-refractivity contribution is 7.92. The average molecular weight is 639 g/mol. The molecule has 3 rings (SSSR count). The van der Waals surface area contributed by atoms with E-state index in [0.29, 0.717) is 38.4 Å². The van der Waals surface area contributed by atoms with E-state index >= 15 is 0 Å². The van der Waals surface area contributed by atoms with Crippen molar-refractivity contribution >= 4 is 62.3 Å². The Labute approximate surface area is 257 Å². The SMILES string of the molecule is CCCCNC(=O)[C@H](Cc1ccccc1)N(Cc1ccc(Cl)c(Cl)c1)C(=O)CN(c1ccc(Cl)cc1C)S(C)(=O)=O. The molecule has 0 aliphatic heterocycles. The molecular weight excluding hydrogens is 605 g/mol. The van der Waals surface area contributed by atoms with Crippen molar-refractivity contribution < 1.29 is 18.0 Å². The standard InChI is InChI=1S/C30H34Cl3N3O4S/c1-4-5-15-34-30(38)28(18-22-9-7-6-8-10-22)35(19-23-11-13-25(32)26(33)17-23)29(37)20-36(41(3,39)40)27-14-12-24(31)16-21(27)2/h6-14,16-17,28H,4-5,15,18-20H2,1-3H3,(H,34,38)/t28-/m0/s1. The quantitative estimate of drug-likeness (QED) is 0.223. The third kappa shape index (κ3) is 9.36. The van der Waals surface area contributed by atoms with Gasteiger partial charge < -0.3 is 10.2 Å². The molecule has 1 N–H and O–H groups in total. The number of hydrogen-bond acceptors (Lipinski definition) is 4. The summed E-state index contributed by atoms with van der Waals surface area (Å²) in [5.74, 6) is -0.883. The topological polar surface area (TPSA) is 86.8 Å². The van der Waals surface area contributed by atoms with Crippen LogP contribution in [0.5, 0.6) is 0 Å². The van der Waals surface area contributed by atoms with Crippen LogP contribution in [-0.4, -0.2) is 50.5 Å². The number of carbonyl (C=O) groups excluding carboxylic acids is 2. The molecule has 0 aliphatic carbocycles. The molecule has 220 valence electrons. The molecule has 0 radical (unpaired) electrons. The summed E-state index contributed by atoms with van der Waals surface area (Å²) in [7, 11) is -3.89.